The fourth-order valence-corrected chi connectivity index (χ4v) is 3.78. The highest BCUT2D eigenvalue weighted by Gasteiger charge is 2.33. The predicted octanol–water partition coefficient (Wildman–Crippen LogP) is 1.70. The number of hydrogen-bond acceptors (Lipinski definition) is 3. The minimum Gasteiger partial charge on any atom is -0.312 e. The summed E-state index contributed by atoms with van der Waals surface area (Å²) in [6.45, 7) is 5.74. The molecule has 2 atom stereocenters. The average molecular weight is 262 g/mol. The smallest absolute Gasteiger partial charge is 0.0666 e. The van der Waals surface area contributed by atoms with Crippen LogP contribution in [-0.4, -0.2) is 39.9 Å². The normalized spacial score (nSPS) is 28.3. The van der Waals surface area contributed by atoms with Crippen molar-refractivity contribution in [3.05, 3.63) is 17.5 Å². The molecule has 0 aromatic carbocycles. The minimum atomic E-state index is 0.726. The Bertz CT molecular complexity index is 420. The Labute approximate surface area is 116 Å². The van der Waals surface area contributed by atoms with Crippen LogP contribution in [0, 0.1) is 0 Å². The predicted molar refractivity (Wildman–Crippen MR) is 77.0 cm³/mol. The van der Waals surface area contributed by atoms with Crippen LogP contribution in [0.1, 0.15) is 43.9 Å². The van der Waals surface area contributed by atoms with Crippen LogP contribution in [0.3, 0.4) is 0 Å². The molecule has 106 valence electrons. The molecule has 0 radical (unpaired) electrons. The Morgan fingerprint density at radius 1 is 1.37 bits per heavy atom. The molecule has 0 bridgehead atoms. The van der Waals surface area contributed by atoms with E-state index in [9.17, 15) is 0 Å². The SMILES string of the molecule is CCc1nn(C)cc1CN1CCCC1C1CCCN1. The molecule has 2 saturated heterocycles. The van der Waals surface area contributed by atoms with Gasteiger partial charge in [0, 0.05) is 37.4 Å². The molecule has 0 spiro atoms. The lowest BCUT2D eigenvalue weighted by atomic mass is 10.0. The van der Waals surface area contributed by atoms with Crippen molar-refractivity contribution >= 4 is 0 Å². The van der Waals surface area contributed by atoms with E-state index in [1.165, 1.54) is 50.0 Å². The van der Waals surface area contributed by atoms with Crippen molar-refractivity contribution in [2.75, 3.05) is 13.1 Å². The Morgan fingerprint density at radius 3 is 3.00 bits per heavy atom. The van der Waals surface area contributed by atoms with E-state index in [2.05, 4.69) is 28.4 Å². The summed E-state index contributed by atoms with van der Waals surface area (Å²) in [5, 5.41) is 8.25. The third kappa shape index (κ3) is 2.70. The summed E-state index contributed by atoms with van der Waals surface area (Å²) < 4.78 is 1.97. The lowest BCUT2D eigenvalue weighted by Gasteiger charge is -2.29. The summed E-state index contributed by atoms with van der Waals surface area (Å²) in [6.07, 6.45) is 8.66. The quantitative estimate of drug-likeness (QED) is 0.896. The highest BCUT2D eigenvalue weighted by atomic mass is 15.3. The van der Waals surface area contributed by atoms with Gasteiger partial charge in [-0.3, -0.25) is 9.58 Å². The van der Waals surface area contributed by atoms with Crippen molar-refractivity contribution in [1.29, 1.82) is 0 Å². The monoisotopic (exact) mass is 262 g/mol. The summed E-state index contributed by atoms with van der Waals surface area (Å²) in [4.78, 5) is 2.68. The zero-order valence-corrected chi connectivity index (χ0v) is 12.2. The van der Waals surface area contributed by atoms with Gasteiger partial charge < -0.3 is 5.32 Å². The number of hydrogen-bond donors (Lipinski definition) is 1. The van der Waals surface area contributed by atoms with Crippen LogP contribution in [0.2, 0.25) is 0 Å². The number of rotatable bonds is 4. The molecule has 4 heteroatoms. The van der Waals surface area contributed by atoms with Gasteiger partial charge in [0.1, 0.15) is 0 Å². The Morgan fingerprint density at radius 2 is 2.26 bits per heavy atom. The van der Waals surface area contributed by atoms with Gasteiger partial charge >= 0.3 is 0 Å². The molecule has 0 amide bonds. The summed E-state index contributed by atoms with van der Waals surface area (Å²) in [5.41, 5.74) is 2.70. The molecule has 0 aliphatic carbocycles. The minimum absolute atomic E-state index is 0.726. The number of aromatic nitrogens is 2. The van der Waals surface area contributed by atoms with E-state index in [-0.39, 0.29) is 0 Å². The number of nitrogens with zero attached hydrogens (tertiary/aromatic N) is 3. The van der Waals surface area contributed by atoms with Gasteiger partial charge in [-0.05, 0) is 45.2 Å². The van der Waals surface area contributed by atoms with Gasteiger partial charge in [0.25, 0.3) is 0 Å². The zero-order valence-electron chi connectivity index (χ0n) is 12.2. The van der Waals surface area contributed by atoms with Gasteiger partial charge in [0.05, 0.1) is 5.69 Å². The van der Waals surface area contributed by atoms with E-state index >= 15 is 0 Å². The molecule has 3 heterocycles. The molecule has 1 N–H and O–H groups in total. The van der Waals surface area contributed by atoms with Crippen LogP contribution in [0.5, 0.6) is 0 Å². The molecule has 1 aromatic rings. The third-order valence-electron chi connectivity index (χ3n) is 4.68. The molecular weight excluding hydrogens is 236 g/mol. The van der Waals surface area contributed by atoms with Crippen molar-refractivity contribution in [1.82, 2.24) is 20.0 Å². The second-order valence-corrected chi connectivity index (χ2v) is 6.01. The lowest BCUT2D eigenvalue weighted by molar-refractivity contribution is 0.206. The van der Waals surface area contributed by atoms with Gasteiger partial charge in [-0.15, -0.1) is 0 Å². The van der Waals surface area contributed by atoms with Crippen molar-refractivity contribution in [2.45, 2.75) is 57.7 Å². The van der Waals surface area contributed by atoms with Crippen LogP contribution in [0.4, 0.5) is 0 Å². The number of likely N-dealkylation sites (tertiary alicyclic amines) is 1. The molecule has 1 aromatic heterocycles. The molecular formula is C15H26N4. The zero-order chi connectivity index (χ0) is 13.2. The third-order valence-corrected chi connectivity index (χ3v) is 4.68. The molecule has 3 rings (SSSR count). The van der Waals surface area contributed by atoms with Crippen LogP contribution in [0.15, 0.2) is 6.20 Å². The maximum atomic E-state index is 4.57. The summed E-state index contributed by atoms with van der Waals surface area (Å²) >= 11 is 0. The van der Waals surface area contributed by atoms with Crippen LogP contribution >= 0.6 is 0 Å². The van der Waals surface area contributed by atoms with Crippen molar-refractivity contribution in [3.8, 4) is 0 Å². The highest BCUT2D eigenvalue weighted by molar-refractivity contribution is 5.17. The molecule has 2 aliphatic heterocycles. The average Bonchev–Trinajstić information content (AvgIpc) is 3.09. The van der Waals surface area contributed by atoms with E-state index in [4.69, 9.17) is 0 Å². The number of nitrogens with one attached hydrogen (secondary N) is 1. The molecule has 4 nitrogen and oxygen atoms in total. The van der Waals surface area contributed by atoms with E-state index in [1.54, 1.807) is 0 Å². The van der Waals surface area contributed by atoms with Crippen molar-refractivity contribution in [2.24, 2.45) is 7.05 Å². The first kappa shape index (κ1) is 13.1. The van der Waals surface area contributed by atoms with E-state index in [0.29, 0.717) is 0 Å². The maximum absolute atomic E-state index is 4.57. The first-order valence-electron chi connectivity index (χ1n) is 7.76. The summed E-state index contributed by atoms with van der Waals surface area (Å²) in [5.74, 6) is 0. The molecule has 2 aliphatic rings. The van der Waals surface area contributed by atoms with Gasteiger partial charge in [-0.2, -0.15) is 5.10 Å². The van der Waals surface area contributed by atoms with Crippen LogP contribution in [0.25, 0.3) is 0 Å². The fourth-order valence-electron chi connectivity index (χ4n) is 3.78. The Hall–Kier alpha value is -0.870. The second-order valence-electron chi connectivity index (χ2n) is 6.01. The Balaban J connectivity index is 1.70. The van der Waals surface area contributed by atoms with Crippen LogP contribution < -0.4 is 5.32 Å². The molecule has 2 fully saturated rings. The van der Waals surface area contributed by atoms with E-state index in [0.717, 1.165) is 25.0 Å². The van der Waals surface area contributed by atoms with E-state index in [1.807, 2.05) is 11.7 Å². The molecule has 2 unspecified atom stereocenters. The summed E-state index contributed by atoms with van der Waals surface area (Å²) in [6, 6.07) is 1.47. The summed E-state index contributed by atoms with van der Waals surface area (Å²) in [7, 11) is 2.03. The standard InChI is InChI=1S/C15H26N4/c1-3-13-12(10-18(2)17-13)11-19-9-5-7-15(19)14-6-4-8-16-14/h10,14-16H,3-9,11H2,1-2H3. The van der Waals surface area contributed by atoms with Crippen molar-refractivity contribution in [3.63, 3.8) is 0 Å². The van der Waals surface area contributed by atoms with Gasteiger partial charge in [-0.25, -0.2) is 0 Å². The topological polar surface area (TPSA) is 33.1 Å². The lowest BCUT2D eigenvalue weighted by Crippen LogP contribution is -2.43. The Kier molecular flexibility index (Phi) is 3.89. The fraction of sp³-hybridized carbons (Fsp3) is 0.800. The number of aryl methyl sites for hydroxylation is 2. The van der Waals surface area contributed by atoms with Gasteiger partial charge in [0.15, 0.2) is 0 Å². The molecule has 0 saturated carbocycles. The maximum Gasteiger partial charge on any atom is 0.0666 e. The van der Waals surface area contributed by atoms with Crippen molar-refractivity contribution < 1.29 is 0 Å². The second kappa shape index (κ2) is 5.63. The van der Waals surface area contributed by atoms with E-state index < -0.39 is 0 Å². The first-order valence-corrected chi connectivity index (χ1v) is 7.76. The first-order chi connectivity index (χ1) is 9.28. The van der Waals surface area contributed by atoms with Gasteiger partial charge in [0.2, 0.25) is 0 Å². The largest absolute Gasteiger partial charge is 0.312 e. The molecule has 19 heavy (non-hydrogen) atoms. The van der Waals surface area contributed by atoms with Gasteiger partial charge in [-0.1, -0.05) is 6.92 Å². The highest BCUT2D eigenvalue weighted by Crippen LogP contribution is 2.27. The van der Waals surface area contributed by atoms with Crippen LogP contribution in [-0.2, 0) is 20.0 Å².